The number of ketones is 1. The second-order valence-electron chi connectivity index (χ2n) is 3.07. The van der Waals surface area contributed by atoms with Crippen LogP contribution in [0, 0.1) is 0 Å². The summed E-state index contributed by atoms with van der Waals surface area (Å²) in [5.74, 6) is -1.29. The maximum Gasteiger partial charge on any atom is 0.337 e. The van der Waals surface area contributed by atoms with Crippen molar-refractivity contribution in [2.24, 2.45) is 4.99 Å². The van der Waals surface area contributed by atoms with Crippen molar-refractivity contribution in [2.75, 3.05) is 0 Å². The smallest absolute Gasteiger partial charge is 0.337 e. The van der Waals surface area contributed by atoms with E-state index in [1.807, 2.05) is 0 Å². The molecule has 0 amide bonds. The summed E-state index contributed by atoms with van der Waals surface area (Å²) in [6, 6.07) is 0. The van der Waals surface area contributed by atoms with Crippen LogP contribution in [0.2, 0.25) is 0 Å². The number of halogens is 1. The van der Waals surface area contributed by atoms with Gasteiger partial charge in [0.15, 0.2) is 5.78 Å². The molecule has 0 saturated carbocycles. The van der Waals surface area contributed by atoms with Gasteiger partial charge in [-0.1, -0.05) is 28.1 Å². The lowest BCUT2D eigenvalue weighted by Gasteiger charge is -2.17. The zero-order valence-electron chi connectivity index (χ0n) is 7.48. The Bertz CT molecular complexity index is 471. The number of carbonyl (C=O) groups excluding carboxylic acids is 1. The van der Waals surface area contributed by atoms with E-state index in [4.69, 9.17) is 5.11 Å². The van der Waals surface area contributed by atoms with Crippen molar-refractivity contribution in [3.63, 3.8) is 0 Å². The van der Waals surface area contributed by atoms with E-state index in [0.29, 0.717) is 5.57 Å². The first kappa shape index (κ1) is 10.0. The number of alkyl halides is 1. The van der Waals surface area contributed by atoms with Gasteiger partial charge in [0.1, 0.15) is 0 Å². The van der Waals surface area contributed by atoms with Gasteiger partial charge in [-0.15, -0.1) is 0 Å². The van der Waals surface area contributed by atoms with Crippen LogP contribution in [0.3, 0.4) is 0 Å². The van der Waals surface area contributed by atoms with Gasteiger partial charge in [-0.05, 0) is 0 Å². The maximum atomic E-state index is 11.5. The van der Waals surface area contributed by atoms with Gasteiger partial charge in [0.05, 0.1) is 16.1 Å². The molecular weight excluding hydrogens is 262 g/mol. The van der Waals surface area contributed by atoms with E-state index in [1.165, 1.54) is 18.4 Å². The van der Waals surface area contributed by atoms with Crippen LogP contribution >= 0.6 is 15.9 Å². The number of hydrogen-bond donors (Lipinski definition) is 1. The van der Waals surface area contributed by atoms with Crippen LogP contribution in [0.1, 0.15) is 0 Å². The molecule has 0 saturated heterocycles. The predicted molar refractivity (Wildman–Crippen MR) is 58.1 cm³/mol. The molecule has 0 aromatic heterocycles. The molecule has 1 aliphatic heterocycles. The molecule has 0 aromatic rings. The number of rotatable bonds is 1. The summed E-state index contributed by atoms with van der Waals surface area (Å²) in [7, 11) is 0. The van der Waals surface area contributed by atoms with Crippen LogP contribution in [-0.2, 0) is 9.59 Å². The Labute approximate surface area is 93.8 Å². The first-order chi connectivity index (χ1) is 7.09. The van der Waals surface area contributed by atoms with Gasteiger partial charge >= 0.3 is 5.97 Å². The number of aliphatic carboxylic acids is 1. The highest BCUT2D eigenvalue weighted by atomic mass is 79.9. The average molecular weight is 268 g/mol. The molecule has 0 spiro atoms. The summed E-state index contributed by atoms with van der Waals surface area (Å²) < 4.78 is 0. The molecule has 2 aliphatic rings. The van der Waals surface area contributed by atoms with E-state index in [-0.39, 0.29) is 21.9 Å². The zero-order valence-corrected chi connectivity index (χ0v) is 9.06. The van der Waals surface area contributed by atoms with Crippen molar-refractivity contribution >= 4 is 33.4 Å². The lowest BCUT2D eigenvalue weighted by atomic mass is 9.91. The third kappa shape index (κ3) is 1.70. The second kappa shape index (κ2) is 3.58. The molecular formula is C10H6BrNO3. The fourth-order valence-corrected chi connectivity index (χ4v) is 1.98. The average Bonchev–Trinajstić information content (AvgIpc) is 2.18. The summed E-state index contributed by atoms with van der Waals surface area (Å²) in [6.45, 7) is 0. The molecule has 0 fully saturated rings. The first-order valence-electron chi connectivity index (χ1n) is 4.20. The monoisotopic (exact) mass is 267 g/mol. The molecule has 1 N–H and O–H groups in total. The summed E-state index contributed by atoms with van der Waals surface area (Å²) in [5.41, 5.74) is 0.650. The van der Waals surface area contributed by atoms with Gasteiger partial charge in [0, 0.05) is 17.8 Å². The third-order valence-corrected chi connectivity index (χ3v) is 2.62. The van der Waals surface area contributed by atoms with E-state index in [9.17, 15) is 9.59 Å². The molecule has 15 heavy (non-hydrogen) atoms. The van der Waals surface area contributed by atoms with E-state index >= 15 is 0 Å². The molecule has 0 bridgehead atoms. The highest BCUT2D eigenvalue weighted by Gasteiger charge is 2.28. The predicted octanol–water partition coefficient (Wildman–Crippen LogP) is 1.24. The molecule has 76 valence electrons. The van der Waals surface area contributed by atoms with Crippen molar-refractivity contribution in [3.05, 3.63) is 35.6 Å². The minimum absolute atomic E-state index is 0.0621. The van der Waals surface area contributed by atoms with Crippen molar-refractivity contribution < 1.29 is 14.7 Å². The summed E-state index contributed by atoms with van der Waals surface area (Å²) in [5, 5.41) is 8.95. The Morgan fingerprint density at radius 3 is 2.87 bits per heavy atom. The van der Waals surface area contributed by atoms with Crippen LogP contribution in [0.15, 0.2) is 40.6 Å². The van der Waals surface area contributed by atoms with Crippen molar-refractivity contribution in [3.8, 4) is 0 Å². The molecule has 4 nitrogen and oxygen atoms in total. The number of carboxylic acids is 1. The molecule has 1 atom stereocenters. The largest absolute Gasteiger partial charge is 0.478 e. The summed E-state index contributed by atoms with van der Waals surface area (Å²) >= 11 is 3.24. The molecule has 1 heterocycles. The standard InChI is InChI=1S/C10H6BrNO3/c11-5-3-6-8(13)1-2-12-9(6)7(4-5)10(14)15/h1-5H,(H,14,15). The lowest BCUT2D eigenvalue weighted by molar-refractivity contribution is -0.132. The zero-order chi connectivity index (χ0) is 11.0. The van der Waals surface area contributed by atoms with Crippen LogP contribution in [0.4, 0.5) is 0 Å². The fourth-order valence-electron chi connectivity index (χ4n) is 1.45. The van der Waals surface area contributed by atoms with Crippen molar-refractivity contribution in [2.45, 2.75) is 4.83 Å². The number of carbonyl (C=O) groups is 2. The number of fused-ring (bicyclic) bond motifs is 1. The number of aliphatic imine (C=N–C) groups is 1. The highest BCUT2D eigenvalue weighted by molar-refractivity contribution is 9.09. The van der Waals surface area contributed by atoms with Gasteiger partial charge in [0.2, 0.25) is 0 Å². The topological polar surface area (TPSA) is 66.7 Å². The first-order valence-corrected chi connectivity index (χ1v) is 5.11. The Morgan fingerprint density at radius 1 is 1.47 bits per heavy atom. The van der Waals surface area contributed by atoms with Gasteiger partial charge in [-0.25, -0.2) is 4.79 Å². The van der Waals surface area contributed by atoms with E-state index < -0.39 is 5.97 Å². The third-order valence-electron chi connectivity index (χ3n) is 2.09. The molecule has 1 unspecified atom stereocenters. The Hall–Kier alpha value is -1.49. The Kier molecular flexibility index (Phi) is 2.40. The minimum Gasteiger partial charge on any atom is -0.478 e. The Morgan fingerprint density at radius 2 is 2.20 bits per heavy atom. The quantitative estimate of drug-likeness (QED) is 0.727. The molecule has 0 aromatic carbocycles. The van der Waals surface area contributed by atoms with E-state index in [2.05, 4.69) is 20.9 Å². The molecule has 1 aliphatic carbocycles. The second-order valence-corrected chi connectivity index (χ2v) is 4.13. The van der Waals surface area contributed by atoms with E-state index in [0.717, 1.165) is 0 Å². The maximum absolute atomic E-state index is 11.5. The number of carboxylic acid groups (broad SMARTS) is 1. The van der Waals surface area contributed by atoms with Crippen LogP contribution in [0.25, 0.3) is 0 Å². The fraction of sp³-hybridized carbons (Fsp3) is 0.100. The van der Waals surface area contributed by atoms with Gasteiger partial charge in [-0.2, -0.15) is 0 Å². The van der Waals surface area contributed by atoms with Gasteiger partial charge in [-0.3, -0.25) is 9.79 Å². The molecule has 0 radical (unpaired) electrons. The highest BCUT2D eigenvalue weighted by Crippen LogP contribution is 2.24. The van der Waals surface area contributed by atoms with Crippen LogP contribution in [-0.4, -0.2) is 27.4 Å². The number of nitrogens with zero attached hydrogens (tertiary/aromatic N) is 1. The number of hydrogen-bond acceptors (Lipinski definition) is 3. The minimum atomic E-state index is -1.08. The number of allylic oxidation sites excluding steroid dienone is 4. The van der Waals surface area contributed by atoms with Crippen LogP contribution < -0.4 is 0 Å². The van der Waals surface area contributed by atoms with Gasteiger partial charge in [0.25, 0.3) is 0 Å². The van der Waals surface area contributed by atoms with Crippen molar-refractivity contribution in [1.29, 1.82) is 0 Å². The SMILES string of the molecule is O=C(O)C1=CC(Br)C=C2C(=O)C=CN=C12. The van der Waals surface area contributed by atoms with Crippen LogP contribution in [0.5, 0.6) is 0 Å². The summed E-state index contributed by atoms with van der Waals surface area (Å²) in [4.78, 5) is 26.1. The van der Waals surface area contributed by atoms with E-state index in [1.54, 1.807) is 6.08 Å². The lowest BCUT2D eigenvalue weighted by Crippen LogP contribution is -2.25. The molecule has 2 rings (SSSR count). The molecule has 5 heteroatoms. The van der Waals surface area contributed by atoms with Crippen molar-refractivity contribution in [1.82, 2.24) is 0 Å². The Balaban J connectivity index is 2.54. The normalized spacial score (nSPS) is 23.9. The summed E-state index contributed by atoms with van der Waals surface area (Å²) in [6.07, 6.45) is 5.80. The van der Waals surface area contributed by atoms with Gasteiger partial charge < -0.3 is 5.11 Å².